The number of hydrogen-bond donors (Lipinski definition) is 3. The zero-order valence-electron chi connectivity index (χ0n) is 14.4. The Morgan fingerprint density at radius 3 is 2.72 bits per heavy atom. The van der Waals surface area contributed by atoms with Crippen molar-refractivity contribution in [2.45, 2.75) is 26.2 Å². The van der Waals surface area contributed by atoms with Crippen molar-refractivity contribution >= 4 is 22.9 Å². The Hall–Kier alpha value is -3.15. The Labute approximate surface area is 145 Å². The van der Waals surface area contributed by atoms with Gasteiger partial charge in [0, 0.05) is 16.7 Å². The molecule has 128 valence electrons. The van der Waals surface area contributed by atoms with Gasteiger partial charge in [-0.2, -0.15) is 10.2 Å². The van der Waals surface area contributed by atoms with Crippen LogP contribution in [0.2, 0.25) is 0 Å². The predicted octanol–water partition coefficient (Wildman–Crippen LogP) is 3.33. The minimum Gasteiger partial charge on any atom is -0.507 e. The number of nitrogens with zero attached hydrogens (tertiary/aromatic N) is 2. The highest BCUT2D eigenvalue weighted by atomic mass is 16.3. The summed E-state index contributed by atoms with van der Waals surface area (Å²) >= 11 is 0. The molecule has 2 aromatic carbocycles. The highest BCUT2D eigenvalue weighted by molar-refractivity contribution is 6.03. The van der Waals surface area contributed by atoms with Crippen LogP contribution in [0.25, 0.3) is 10.8 Å². The van der Waals surface area contributed by atoms with Gasteiger partial charge in [0.25, 0.3) is 5.91 Å². The molecule has 6 heteroatoms. The van der Waals surface area contributed by atoms with Crippen LogP contribution in [0.1, 0.15) is 42.5 Å². The number of hydrazone groups is 1. The van der Waals surface area contributed by atoms with E-state index in [1.807, 2.05) is 51.1 Å². The molecule has 1 aromatic heterocycles. The van der Waals surface area contributed by atoms with Crippen molar-refractivity contribution < 1.29 is 9.90 Å². The minimum atomic E-state index is -0.414. The Kier molecular flexibility index (Phi) is 4.27. The van der Waals surface area contributed by atoms with Crippen molar-refractivity contribution in [2.24, 2.45) is 5.10 Å². The number of nitrogens with one attached hydrogen (secondary N) is 2. The van der Waals surface area contributed by atoms with E-state index in [0.29, 0.717) is 5.56 Å². The Morgan fingerprint density at radius 2 is 2.00 bits per heavy atom. The molecule has 0 saturated carbocycles. The van der Waals surface area contributed by atoms with E-state index in [-0.39, 0.29) is 16.9 Å². The molecule has 6 nitrogen and oxygen atoms in total. The normalized spacial score (nSPS) is 12.0. The fourth-order valence-electron chi connectivity index (χ4n) is 2.45. The van der Waals surface area contributed by atoms with Crippen LogP contribution in [0.3, 0.4) is 0 Å². The third-order valence-corrected chi connectivity index (χ3v) is 3.93. The van der Waals surface area contributed by atoms with Gasteiger partial charge in [0.05, 0.1) is 6.21 Å². The van der Waals surface area contributed by atoms with E-state index in [1.54, 1.807) is 12.1 Å². The lowest BCUT2D eigenvalue weighted by molar-refractivity contribution is 0.0950. The number of benzene rings is 2. The largest absolute Gasteiger partial charge is 0.507 e. The first kappa shape index (κ1) is 16.7. The second-order valence-corrected chi connectivity index (χ2v) is 6.84. The number of phenolic OH excluding ortho intramolecular Hbond substituents is 1. The van der Waals surface area contributed by atoms with E-state index in [2.05, 4.69) is 20.7 Å². The molecule has 3 aromatic rings. The monoisotopic (exact) mass is 336 g/mol. The second-order valence-electron chi connectivity index (χ2n) is 6.84. The molecule has 0 unspecified atom stereocenters. The van der Waals surface area contributed by atoms with Crippen molar-refractivity contribution in [3.8, 4) is 5.75 Å². The number of aromatic nitrogens is 2. The summed E-state index contributed by atoms with van der Waals surface area (Å²) < 4.78 is 0. The molecule has 1 heterocycles. The van der Waals surface area contributed by atoms with Crippen LogP contribution >= 0.6 is 0 Å². The number of amides is 1. The van der Waals surface area contributed by atoms with Crippen molar-refractivity contribution in [3.05, 3.63) is 59.4 Å². The molecule has 3 rings (SSSR count). The molecule has 25 heavy (non-hydrogen) atoms. The van der Waals surface area contributed by atoms with Gasteiger partial charge in [-0.25, -0.2) is 5.43 Å². The second kappa shape index (κ2) is 6.39. The minimum absolute atomic E-state index is 0.103. The third-order valence-electron chi connectivity index (χ3n) is 3.93. The first-order valence-electron chi connectivity index (χ1n) is 7.96. The van der Waals surface area contributed by atoms with Gasteiger partial charge in [-0.05, 0) is 22.9 Å². The quantitative estimate of drug-likeness (QED) is 0.506. The molecule has 0 atom stereocenters. The maximum Gasteiger partial charge on any atom is 0.291 e. The Bertz CT molecular complexity index is 951. The number of aromatic hydroxyl groups is 1. The third kappa shape index (κ3) is 3.52. The van der Waals surface area contributed by atoms with E-state index in [9.17, 15) is 9.90 Å². The smallest absolute Gasteiger partial charge is 0.291 e. The SMILES string of the molecule is CC(C)(C)c1cc(C(=O)N/N=C/c2c(O)ccc3ccccc23)n[nH]1. The number of carbonyl (C=O) groups is 1. The first-order chi connectivity index (χ1) is 11.9. The summed E-state index contributed by atoms with van der Waals surface area (Å²) in [6, 6.07) is 12.8. The molecular weight excluding hydrogens is 316 g/mol. The summed E-state index contributed by atoms with van der Waals surface area (Å²) in [4.78, 5) is 12.2. The Balaban J connectivity index is 1.79. The van der Waals surface area contributed by atoms with Gasteiger partial charge in [-0.15, -0.1) is 0 Å². The molecule has 0 aliphatic rings. The van der Waals surface area contributed by atoms with Gasteiger partial charge < -0.3 is 5.11 Å². The fraction of sp³-hybridized carbons (Fsp3) is 0.211. The highest BCUT2D eigenvalue weighted by Gasteiger charge is 2.19. The van der Waals surface area contributed by atoms with Crippen molar-refractivity contribution in [1.29, 1.82) is 0 Å². The van der Waals surface area contributed by atoms with E-state index >= 15 is 0 Å². The van der Waals surface area contributed by atoms with Gasteiger partial charge in [0.2, 0.25) is 0 Å². The maximum atomic E-state index is 12.2. The molecule has 0 aliphatic carbocycles. The van der Waals surface area contributed by atoms with Gasteiger partial charge in [-0.1, -0.05) is 51.1 Å². The number of rotatable bonds is 3. The van der Waals surface area contributed by atoms with Crippen LogP contribution in [-0.4, -0.2) is 27.4 Å². The summed E-state index contributed by atoms with van der Waals surface area (Å²) in [6.45, 7) is 6.09. The number of hydrogen-bond acceptors (Lipinski definition) is 4. The fourth-order valence-corrected chi connectivity index (χ4v) is 2.45. The van der Waals surface area contributed by atoms with Crippen molar-refractivity contribution in [3.63, 3.8) is 0 Å². The van der Waals surface area contributed by atoms with Gasteiger partial charge >= 0.3 is 0 Å². The van der Waals surface area contributed by atoms with Gasteiger partial charge in [0.15, 0.2) is 5.69 Å². The lowest BCUT2D eigenvalue weighted by Gasteiger charge is -2.14. The molecule has 0 spiro atoms. The van der Waals surface area contributed by atoms with E-state index in [4.69, 9.17) is 0 Å². The molecule has 1 amide bonds. The maximum absolute atomic E-state index is 12.2. The number of H-pyrrole nitrogens is 1. The molecule has 0 radical (unpaired) electrons. The summed E-state index contributed by atoms with van der Waals surface area (Å²) in [5.74, 6) is -0.311. The van der Waals surface area contributed by atoms with Crippen LogP contribution in [-0.2, 0) is 5.41 Å². The lowest BCUT2D eigenvalue weighted by atomic mass is 9.92. The molecular formula is C19H20N4O2. The van der Waals surface area contributed by atoms with E-state index in [1.165, 1.54) is 6.21 Å². The highest BCUT2D eigenvalue weighted by Crippen LogP contribution is 2.25. The average molecular weight is 336 g/mol. The van der Waals surface area contributed by atoms with E-state index < -0.39 is 5.91 Å². The van der Waals surface area contributed by atoms with Crippen molar-refractivity contribution in [1.82, 2.24) is 15.6 Å². The summed E-state index contributed by atoms with van der Waals surface area (Å²) in [5.41, 5.74) is 4.01. The summed E-state index contributed by atoms with van der Waals surface area (Å²) in [6.07, 6.45) is 1.44. The van der Waals surface area contributed by atoms with Crippen molar-refractivity contribution in [2.75, 3.05) is 0 Å². The summed E-state index contributed by atoms with van der Waals surface area (Å²) in [5, 5.41) is 22.7. The molecule has 0 aliphatic heterocycles. The average Bonchev–Trinajstić information content (AvgIpc) is 3.07. The van der Waals surface area contributed by atoms with E-state index in [0.717, 1.165) is 16.5 Å². The van der Waals surface area contributed by atoms with Crippen LogP contribution < -0.4 is 5.43 Å². The Morgan fingerprint density at radius 1 is 1.24 bits per heavy atom. The number of carbonyl (C=O) groups excluding carboxylic acids is 1. The first-order valence-corrected chi connectivity index (χ1v) is 7.96. The molecule has 0 saturated heterocycles. The molecule has 0 fully saturated rings. The standard InChI is InChI=1S/C19H20N4O2/c1-19(2,3)17-10-15(21-22-17)18(25)23-20-11-14-13-7-5-4-6-12(13)8-9-16(14)24/h4-11,24H,1-3H3,(H,21,22)(H,23,25)/b20-11+. The zero-order valence-corrected chi connectivity index (χ0v) is 14.4. The zero-order chi connectivity index (χ0) is 18.0. The molecule has 3 N–H and O–H groups in total. The van der Waals surface area contributed by atoms with Crippen LogP contribution in [0.15, 0.2) is 47.6 Å². The topological polar surface area (TPSA) is 90.4 Å². The number of phenols is 1. The van der Waals surface area contributed by atoms with Crippen LogP contribution in [0.4, 0.5) is 0 Å². The number of aromatic amines is 1. The summed E-state index contributed by atoms with van der Waals surface area (Å²) in [7, 11) is 0. The van der Waals surface area contributed by atoms with Crippen LogP contribution in [0.5, 0.6) is 5.75 Å². The van der Waals surface area contributed by atoms with Crippen LogP contribution in [0, 0.1) is 0 Å². The van der Waals surface area contributed by atoms with Gasteiger partial charge in [0.1, 0.15) is 5.75 Å². The lowest BCUT2D eigenvalue weighted by Crippen LogP contribution is -2.18. The predicted molar refractivity (Wildman–Crippen MR) is 98.0 cm³/mol. The molecule has 0 bridgehead atoms. The van der Waals surface area contributed by atoms with Gasteiger partial charge in [-0.3, -0.25) is 9.89 Å². The number of fused-ring (bicyclic) bond motifs is 1.